The summed E-state index contributed by atoms with van der Waals surface area (Å²) in [4.78, 5) is 42.4. The topological polar surface area (TPSA) is 81.8 Å². The molecule has 2 aromatic carbocycles. The lowest BCUT2D eigenvalue weighted by atomic mass is 9.86. The van der Waals surface area contributed by atoms with Crippen molar-refractivity contribution in [3.63, 3.8) is 0 Å². The van der Waals surface area contributed by atoms with Gasteiger partial charge in [0.05, 0.1) is 5.92 Å². The maximum atomic E-state index is 13.6. The average molecular weight is 523 g/mol. The lowest BCUT2D eigenvalue weighted by molar-refractivity contribution is -0.138. The third kappa shape index (κ3) is 6.16. The smallest absolute Gasteiger partial charge is 0.245 e. The van der Waals surface area contributed by atoms with Crippen LogP contribution in [0.15, 0.2) is 48.5 Å². The second-order valence-electron chi connectivity index (χ2n) is 10.5. The molecular weight excluding hydrogens is 488 g/mol. The lowest BCUT2D eigenvalue weighted by Crippen LogP contribution is -2.57. The molecule has 8 heteroatoms. The van der Waals surface area contributed by atoms with Gasteiger partial charge in [0.1, 0.15) is 6.04 Å². The molecule has 3 heterocycles. The van der Waals surface area contributed by atoms with Gasteiger partial charge in [-0.25, -0.2) is 0 Å². The van der Waals surface area contributed by atoms with Crippen LogP contribution in [-0.2, 0) is 27.3 Å². The number of halogens is 1. The largest absolute Gasteiger partial charge is 0.344 e. The molecule has 3 amide bonds. The van der Waals surface area contributed by atoms with Crippen LogP contribution in [0.2, 0.25) is 5.02 Å². The molecule has 3 fully saturated rings. The Morgan fingerprint density at radius 2 is 1.76 bits per heavy atom. The maximum absolute atomic E-state index is 13.6. The third-order valence-corrected chi connectivity index (χ3v) is 8.21. The summed E-state index contributed by atoms with van der Waals surface area (Å²) in [5.74, 6) is 0.423. The number of piperidine rings is 1. The molecule has 1 atom stereocenters. The Bertz CT molecular complexity index is 1130. The van der Waals surface area contributed by atoms with E-state index in [2.05, 4.69) is 28.8 Å². The van der Waals surface area contributed by atoms with E-state index in [4.69, 9.17) is 11.6 Å². The van der Waals surface area contributed by atoms with Crippen LogP contribution < -0.4 is 10.6 Å². The molecule has 3 saturated heterocycles. The number of nitrogens with zero attached hydrogens (tertiary/aromatic N) is 2. The second-order valence-corrected chi connectivity index (χ2v) is 10.9. The molecular formula is C29H35ClN4O3. The molecule has 0 aliphatic carbocycles. The number of nitrogens with one attached hydrogen (secondary N) is 2. The van der Waals surface area contributed by atoms with Crippen LogP contribution in [0.4, 0.5) is 0 Å². The van der Waals surface area contributed by atoms with Gasteiger partial charge in [-0.05, 0) is 54.0 Å². The SMILES string of the molecule is O=C(N[C@H](Cc1ccc(Cl)cc1)C(=O)N1CCC(c2ccccc2CN2CCCC2=O)CC1)C1CNC1. The Kier molecular flexibility index (Phi) is 8.11. The Labute approximate surface area is 223 Å². The van der Waals surface area contributed by atoms with Crippen molar-refractivity contribution in [3.8, 4) is 0 Å². The van der Waals surface area contributed by atoms with E-state index in [-0.39, 0.29) is 23.6 Å². The first kappa shape index (κ1) is 25.7. The number of rotatable bonds is 8. The molecule has 0 aromatic heterocycles. The molecule has 5 rings (SSSR count). The fourth-order valence-electron chi connectivity index (χ4n) is 5.60. The summed E-state index contributed by atoms with van der Waals surface area (Å²) in [5.41, 5.74) is 3.47. The standard InChI is InChI=1S/C29H35ClN4O3/c30-24-9-7-20(8-10-24)16-26(32-28(36)23-17-31-18-23)29(37)33-14-11-21(12-15-33)25-5-2-1-4-22(25)19-34-13-3-6-27(34)35/h1-2,4-5,7-10,21,23,26,31H,3,6,11-19H2,(H,32,36)/t26-/m1/s1. The van der Waals surface area contributed by atoms with Crippen molar-refractivity contribution in [3.05, 3.63) is 70.2 Å². The summed E-state index contributed by atoms with van der Waals surface area (Å²) < 4.78 is 0. The van der Waals surface area contributed by atoms with Crippen molar-refractivity contribution in [2.75, 3.05) is 32.7 Å². The molecule has 0 saturated carbocycles. The molecule has 7 nitrogen and oxygen atoms in total. The number of benzene rings is 2. The highest BCUT2D eigenvalue weighted by atomic mass is 35.5. The predicted octanol–water partition coefficient (Wildman–Crippen LogP) is 3.12. The van der Waals surface area contributed by atoms with Crippen molar-refractivity contribution < 1.29 is 14.4 Å². The van der Waals surface area contributed by atoms with Gasteiger partial charge in [-0.2, -0.15) is 0 Å². The van der Waals surface area contributed by atoms with E-state index >= 15 is 0 Å². The van der Waals surface area contributed by atoms with Crippen LogP contribution in [-0.4, -0.2) is 66.3 Å². The van der Waals surface area contributed by atoms with Crippen molar-refractivity contribution in [1.29, 1.82) is 0 Å². The second kappa shape index (κ2) is 11.7. The molecule has 0 spiro atoms. The van der Waals surface area contributed by atoms with E-state index in [9.17, 15) is 14.4 Å². The summed E-state index contributed by atoms with van der Waals surface area (Å²) in [5, 5.41) is 6.80. The van der Waals surface area contributed by atoms with Crippen LogP contribution in [0.1, 0.15) is 48.3 Å². The molecule has 0 radical (unpaired) electrons. The van der Waals surface area contributed by atoms with Crippen LogP contribution in [0.5, 0.6) is 0 Å². The van der Waals surface area contributed by atoms with Gasteiger partial charge in [0.15, 0.2) is 0 Å². The zero-order valence-electron chi connectivity index (χ0n) is 21.1. The number of carbonyl (C=O) groups is 3. The highest BCUT2D eigenvalue weighted by molar-refractivity contribution is 6.30. The van der Waals surface area contributed by atoms with E-state index in [0.717, 1.165) is 31.4 Å². The van der Waals surface area contributed by atoms with E-state index < -0.39 is 6.04 Å². The molecule has 2 aromatic rings. The minimum Gasteiger partial charge on any atom is -0.344 e. The number of carbonyl (C=O) groups excluding carboxylic acids is 3. The third-order valence-electron chi connectivity index (χ3n) is 7.95. The first-order valence-corrected chi connectivity index (χ1v) is 13.8. The normalized spacial score (nSPS) is 19.5. The Balaban J connectivity index is 1.24. The molecule has 3 aliphatic rings. The van der Waals surface area contributed by atoms with Gasteiger partial charge in [-0.1, -0.05) is 48.0 Å². The fraction of sp³-hybridized carbons (Fsp3) is 0.483. The number of hydrogen-bond acceptors (Lipinski definition) is 4. The monoisotopic (exact) mass is 522 g/mol. The average Bonchev–Trinajstić information content (AvgIpc) is 3.28. The van der Waals surface area contributed by atoms with Gasteiger partial charge in [-0.3, -0.25) is 14.4 Å². The van der Waals surface area contributed by atoms with Crippen molar-refractivity contribution in [2.45, 2.75) is 50.6 Å². The van der Waals surface area contributed by atoms with E-state index in [0.29, 0.717) is 56.5 Å². The Hall–Kier alpha value is -2.90. The summed E-state index contributed by atoms with van der Waals surface area (Å²) in [6, 6.07) is 15.3. The predicted molar refractivity (Wildman–Crippen MR) is 143 cm³/mol. The van der Waals surface area contributed by atoms with Gasteiger partial charge in [0.2, 0.25) is 17.7 Å². The van der Waals surface area contributed by atoms with Crippen molar-refractivity contribution in [1.82, 2.24) is 20.4 Å². The molecule has 0 unspecified atom stereocenters. The Morgan fingerprint density at radius 1 is 1.03 bits per heavy atom. The zero-order valence-corrected chi connectivity index (χ0v) is 21.9. The summed E-state index contributed by atoms with van der Waals surface area (Å²) in [6.45, 7) is 4.11. The highest BCUT2D eigenvalue weighted by Gasteiger charge is 2.33. The van der Waals surface area contributed by atoms with Gasteiger partial charge in [0, 0.05) is 57.1 Å². The van der Waals surface area contributed by atoms with E-state index in [1.54, 1.807) is 0 Å². The molecule has 3 aliphatic heterocycles. The minimum absolute atomic E-state index is 0.0232. The first-order chi connectivity index (χ1) is 18.0. The quantitative estimate of drug-likeness (QED) is 0.558. The van der Waals surface area contributed by atoms with Crippen LogP contribution in [0.3, 0.4) is 0 Å². The van der Waals surface area contributed by atoms with Crippen LogP contribution in [0.25, 0.3) is 0 Å². The Morgan fingerprint density at radius 3 is 2.41 bits per heavy atom. The van der Waals surface area contributed by atoms with Gasteiger partial charge < -0.3 is 20.4 Å². The number of hydrogen-bond donors (Lipinski definition) is 2. The molecule has 0 bridgehead atoms. The fourth-order valence-corrected chi connectivity index (χ4v) is 5.73. The maximum Gasteiger partial charge on any atom is 0.245 e. The molecule has 37 heavy (non-hydrogen) atoms. The molecule has 2 N–H and O–H groups in total. The lowest BCUT2D eigenvalue weighted by Gasteiger charge is -2.36. The minimum atomic E-state index is -0.598. The highest BCUT2D eigenvalue weighted by Crippen LogP contribution is 2.32. The van der Waals surface area contributed by atoms with Gasteiger partial charge in [0.25, 0.3) is 0 Å². The van der Waals surface area contributed by atoms with Crippen LogP contribution in [0, 0.1) is 5.92 Å². The summed E-state index contributed by atoms with van der Waals surface area (Å²) >= 11 is 6.04. The number of likely N-dealkylation sites (tertiary alicyclic amines) is 2. The van der Waals surface area contributed by atoms with Crippen LogP contribution >= 0.6 is 11.6 Å². The van der Waals surface area contributed by atoms with E-state index in [1.807, 2.05) is 40.1 Å². The van der Waals surface area contributed by atoms with E-state index in [1.165, 1.54) is 11.1 Å². The number of amides is 3. The van der Waals surface area contributed by atoms with Crippen molar-refractivity contribution in [2.24, 2.45) is 5.92 Å². The van der Waals surface area contributed by atoms with Crippen molar-refractivity contribution >= 4 is 29.3 Å². The zero-order chi connectivity index (χ0) is 25.8. The van der Waals surface area contributed by atoms with Gasteiger partial charge in [-0.15, -0.1) is 0 Å². The summed E-state index contributed by atoms with van der Waals surface area (Å²) in [6.07, 6.45) is 3.75. The summed E-state index contributed by atoms with van der Waals surface area (Å²) in [7, 11) is 0. The first-order valence-electron chi connectivity index (χ1n) is 13.4. The van der Waals surface area contributed by atoms with Gasteiger partial charge >= 0.3 is 0 Å². The molecule has 196 valence electrons.